The highest BCUT2D eigenvalue weighted by molar-refractivity contribution is 5.78. The van der Waals surface area contributed by atoms with Crippen LogP contribution in [-0.2, 0) is 9.59 Å². The van der Waals surface area contributed by atoms with Crippen LogP contribution in [0, 0.1) is 0 Å². The average molecular weight is 155 g/mol. The van der Waals surface area contributed by atoms with Gasteiger partial charge in [-0.15, -0.1) is 0 Å². The summed E-state index contributed by atoms with van der Waals surface area (Å²) in [6, 6.07) is 0.336. The molecule has 0 saturated carbocycles. The summed E-state index contributed by atoms with van der Waals surface area (Å²) in [6.07, 6.45) is 4.99. The Bertz CT molecular complexity index is 156. The molecule has 1 aliphatic rings. The lowest BCUT2D eigenvalue weighted by atomic mass is 10.1. The molecule has 1 rings (SSSR count). The van der Waals surface area contributed by atoms with E-state index in [4.69, 9.17) is 0 Å². The van der Waals surface area contributed by atoms with Gasteiger partial charge in [0.15, 0.2) is 0 Å². The van der Waals surface area contributed by atoms with Crippen molar-refractivity contribution in [3.63, 3.8) is 0 Å². The number of unbranched alkanes of at least 4 members (excludes halogenated alkanes) is 1. The number of amides is 1. The van der Waals surface area contributed by atoms with Gasteiger partial charge in [-0.3, -0.25) is 4.79 Å². The highest BCUT2D eigenvalue weighted by atomic mass is 16.1. The molecular formula is C8H13NO2. The third-order valence-electron chi connectivity index (χ3n) is 1.96. The van der Waals surface area contributed by atoms with E-state index in [1.807, 2.05) is 0 Å². The molecule has 1 atom stereocenters. The fourth-order valence-electron chi connectivity index (χ4n) is 1.34. The van der Waals surface area contributed by atoms with Crippen LogP contribution < -0.4 is 5.32 Å². The quantitative estimate of drug-likeness (QED) is 0.478. The molecule has 3 nitrogen and oxygen atoms in total. The zero-order valence-corrected chi connectivity index (χ0v) is 6.51. The molecule has 62 valence electrons. The van der Waals surface area contributed by atoms with E-state index in [9.17, 15) is 9.59 Å². The van der Waals surface area contributed by atoms with Gasteiger partial charge >= 0.3 is 0 Å². The van der Waals surface area contributed by atoms with Gasteiger partial charge in [-0.25, -0.2) is 0 Å². The fraction of sp³-hybridized carbons (Fsp3) is 0.750. The number of hydrogen-bond acceptors (Lipinski definition) is 2. The summed E-state index contributed by atoms with van der Waals surface area (Å²) in [7, 11) is 0. The van der Waals surface area contributed by atoms with Crippen LogP contribution >= 0.6 is 0 Å². The minimum Gasteiger partial charge on any atom is -0.353 e. The van der Waals surface area contributed by atoms with Gasteiger partial charge in [0.25, 0.3) is 0 Å². The number of carbonyl (C=O) groups is 2. The molecule has 0 aliphatic carbocycles. The van der Waals surface area contributed by atoms with Crippen LogP contribution in [0.5, 0.6) is 0 Å². The van der Waals surface area contributed by atoms with E-state index in [0.29, 0.717) is 18.9 Å². The molecule has 1 N–H and O–H groups in total. The van der Waals surface area contributed by atoms with Gasteiger partial charge in [-0.1, -0.05) is 0 Å². The van der Waals surface area contributed by atoms with Crippen LogP contribution in [0.4, 0.5) is 0 Å². The van der Waals surface area contributed by atoms with Gasteiger partial charge in [0.2, 0.25) is 5.91 Å². The summed E-state index contributed by atoms with van der Waals surface area (Å²) in [5.74, 6) is 0.154. The molecule has 0 bridgehead atoms. The summed E-state index contributed by atoms with van der Waals surface area (Å²) in [4.78, 5) is 20.7. The molecule has 0 aromatic heterocycles. The molecule has 1 saturated heterocycles. The fourth-order valence-corrected chi connectivity index (χ4v) is 1.34. The lowest BCUT2D eigenvalue weighted by Crippen LogP contribution is -2.24. The molecule has 3 heteroatoms. The van der Waals surface area contributed by atoms with E-state index in [1.165, 1.54) is 0 Å². The average Bonchev–Trinajstić information content (AvgIpc) is 2.37. The van der Waals surface area contributed by atoms with Gasteiger partial charge in [0, 0.05) is 18.9 Å². The third kappa shape index (κ3) is 2.70. The Morgan fingerprint density at radius 3 is 3.00 bits per heavy atom. The maximum Gasteiger partial charge on any atom is 0.220 e. The zero-order valence-electron chi connectivity index (χ0n) is 6.51. The van der Waals surface area contributed by atoms with Crippen molar-refractivity contribution in [3.05, 3.63) is 0 Å². The Kier molecular flexibility index (Phi) is 3.08. The Labute approximate surface area is 66.2 Å². The second-order valence-electron chi connectivity index (χ2n) is 2.90. The Hall–Kier alpha value is -0.860. The summed E-state index contributed by atoms with van der Waals surface area (Å²) in [6.45, 7) is 0. The van der Waals surface area contributed by atoms with E-state index >= 15 is 0 Å². The summed E-state index contributed by atoms with van der Waals surface area (Å²) in [5, 5.41) is 2.86. The Morgan fingerprint density at radius 2 is 2.45 bits per heavy atom. The normalized spacial score (nSPS) is 23.3. The lowest BCUT2D eigenvalue weighted by molar-refractivity contribution is -0.119. The molecule has 0 aromatic carbocycles. The Morgan fingerprint density at radius 1 is 1.64 bits per heavy atom. The third-order valence-corrected chi connectivity index (χ3v) is 1.96. The van der Waals surface area contributed by atoms with Crippen LogP contribution in [0.25, 0.3) is 0 Å². The lowest BCUT2D eigenvalue weighted by Gasteiger charge is -2.06. The van der Waals surface area contributed by atoms with Gasteiger partial charge in [-0.2, -0.15) is 0 Å². The smallest absolute Gasteiger partial charge is 0.220 e. The highest BCUT2D eigenvalue weighted by Gasteiger charge is 2.19. The van der Waals surface area contributed by atoms with Crippen molar-refractivity contribution < 1.29 is 9.59 Å². The molecule has 11 heavy (non-hydrogen) atoms. The van der Waals surface area contributed by atoms with E-state index in [0.717, 1.165) is 25.5 Å². The summed E-state index contributed by atoms with van der Waals surface area (Å²) >= 11 is 0. The molecule has 0 aromatic rings. The van der Waals surface area contributed by atoms with Crippen molar-refractivity contribution in [1.82, 2.24) is 5.32 Å². The standard InChI is InChI=1S/C8H13NO2/c10-6-2-1-3-7-4-5-8(11)9-7/h6-7H,1-5H2,(H,9,11)/t7-/m1/s1. The second-order valence-corrected chi connectivity index (χ2v) is 2.90. The highest BCUT2D eigenvalue weighted by Crippen LogP contribution is 2.12. The topological polar surface area (TPSA) is 46.2 Å². The second kappa shape index (κ2) is 4.11. The van der Waals surface area contributed by atoms with Gasteiger partial charge in [0.1, 0.15) is 6.29 Å². The van der Waals surface area contributed by atoms with E-state index in [1.54, 1.807) is 0 Å². The first kappa shape index (κ1) is 8.24. The van der Waals surface area contributed by atoms with Crippen molar-refractivity contribution in [1.29, 1.82) is 0 Å². The first-order valence-electron chi connectivity index (χ1n) is 4.06. The van der Waals surface area contributed by atoms with Crippen LogP contribution in [0.1, 0.15) is 32.1 Å². The SMILES string of the molecule is O=CCCC[C@@H]1CCC(=O)N1. The first-order valence-corrected chi connectivity index (χ1v) is 4.06. The molecule has 0 radical (unpaired) electrons. The molecule has 1 fully saturated rings. The number of nitrogens with one attached hydrogen (secondary N) is 1. The molecule has 1 aliphatic heterocycles. The van der Waals surface area contributed by atoms with Crippen molar-refractivity contribution in [2.75, 3.05) is 0 Å². The van der Waals surface area contributed by atoms with E-state index < -0.39 is 0 Å². The predicted molar refractivity (Wildman–Crippen MR) is 41.1 cm³/mol. The maximum absolute atomic E-state index is 10.7. The molecule has 0 spiro atoms. The van der Waals surface area contributed by atoms with Crippen LogP contribution in [-0.4, -0.2) is 18.2 Å². The summed E-state index contributed by atoms with van der Waals surface area (Å²) in [5.41, 5.74) is 0. The largest absolute Gasteiger partial charge is 0.353 e. The minimum absolute atomic E-state index is 0.154. The molecule has 0 unspecified atom stereocenters. The molecule has 1 heterocycles. The van der Waals surface area contributed by atoms with Crippen molar-refractivity contribution in [2.45, 2.75) is 38.1 Å². The zero-order chi connectivity index (χ0) is 8.10. The minimum atomic E-state index is 0.154. The number of rotatable bonds is 4. The van der Waals surface area contributed by atoms with Gasteiger partial charge in [-0.05, 0) is 19.3 Å². The Balaban J connectivity index is 2.08. The van der Waals surface area contributed by atoms with Crippen LogP contribution in [0.3, 0.4) is 0 Å². The van der Waals surface area contributed by atoms with Gasteiger partial charge < -0.3 is 10.1 Å². The monoisotopic (exact) mass is 155 g/mol. The van der Waals surface area contributed by atoms with Crippen LogP contribution in [0.2, 0.25) is 0 Å². The predicted octanol–water partition coefficient (Wildman–Crippen LogP) is 0.634. The number of hydrogen-bond donors (Lipinski definition) is 1. The van der Waals surface area contributed by atoms with E-state index in [2.05, 4.69) is 5.32 Å². The van der Waals surface area contributed by atoms with Crippen molar-refractivity contribution in [2.24, 2.45) is 0 Å². The molecular weight excluding hydrogens is 142 g/mol. The first-order chi connectivity index (χ1) is 5.33. The van der Waals surface area contributed by atoms with Crippen LogP contribution in [0.15, 0.2) is 0 Å². The van der Waals surface area contributed by atoms with E-state index in [-0.39, 0.29) is 5.91 Å². The van der Waals surface area contributed by atoms with Crippen molar-refractivity contribution in [3.8, 4) is 0 Å². The van der Waals surface area contributed by atoms with Gasteiger partial charge in [0.05, 0.1) is 0 Å². The molecule has 1 amide bonds. The number of carbonyl (C=O) groups excluding carboxylic acids is 2. The number of aldehydes is 1. The van der Waals surface area contributed by atoms with Crippen molar-refractivity contribution >= 4 is 12.2 Å². The summed E-state index contributed by atoms with van der Waals surface area (Å²) < 4.78 is 0. The maximum atomic E-state index is 10.7.